The predicted octanol–water partition coefficient (Wildman–Crippen LogP) is 3.17. The molecule has 2 heterocycles. The van der Waals surface area contributed by atoms with Crippen molar-refractivity contribution in [3.05, 3.63) is 29.1 Å². The zero-order valence-corrected chi connectivity index (χ0v) is 12.7. The summed E-state index contributed by atoms with van der Waals surface area (Å²) >= 11 is 1.45. The highest BCUT2D eigenvalue weighted by atomic mass is 32.1. The summed E-state index contributed by atoms with van der Waals surface area (Å²) in [6.45, 7) is 1.49. The number of carbonyl (C=O) groups excluding carboxylic acids is 1. The minimum Gasteiger partial charge on any atom is -0.397 e. The topological polar surface area (TPSA) is 64.4 Å². The van der Waals surface area contributed by atoms with Gasteiger partial charge in [-0.15, -0.1) is 11.3 Å². The number of hydrogen-bond donors (Lipinski definition) is 2. The number of fused-ring (bicyclic) bond motifs is 1. The van der Waals surface area contributed by atoms with Gasteiger partial charge in [0.05, 0.1) is 11.8 Å². The molecule has 0 aliphatic carbocycles. The average molecular weight is 304 g/mol. The first-order chi connectivity index (χ1) is 10.3. The summed E-state index contributed by atoms with van der Waals surface area (Å²) in [6.07, 6.45) is 4.64. The number of ether oxygens (including phenoxy) is 1. The van der Waals surface area contributed by atoms with Crippen LogP contribution in [0.3, 0.4) is 0 Å². The molecule has 2 aromatic rings. The van der Waals surface area contributed by atoms with Crippen LogP contribution in [0.5, 0.6) is 0 Å². The number of thiophene rings is 1. The summed E-state index contributed by atoms with van der Waals surface area (Å²) in [7, 11) is 0. The summed E-state index contributed by atoms with van der Waals surface area (Å²) in [5, 5.41) is 3.92. The highest BCUT2D eigenvalue weighted by Crippen LogP contribution is 2.33. The van der Waals surface area contributed by atoms with Crippen LogP contribution in [0, 0.1) is 0 Å². The SMILES string of the molecule is Nc1c(C(=O)NCCC2CCCCO2)sc2ccccc12. The fourth-order valence-corrected chi connectivity index (χ4v) is 3.74. The number of benzene rings is 1. The molecule has 1 atom stereocenters. The van der Waals surface area contributed by atoms with Crippen LogP contribution < -0.4 is 11.1 Å². The second kappa shape index (κ2) is 6.45. The summed E-state index contributed by atoms with van der Waals surface area (Å²) in [4.78, 5) is 12.9. The summed E-state index contributed by atoms with van der Waals surface area (Å²) in [5.74, 6) is -0.0792. The van der Waals surface area contributed by atoms with E-state index in [1.165, 1.54) is 17.8 Å². The van der Waals surface area contributed by atoms with Crippen molar-refractivity contribution < 1.29 is 9.53 Å². The smallest absolute Gasteiger partial charge is 0.263 e. The van der Waals surface area contributed by atoms with Gasteiger partial charge in [0, 0.05) is 23.2 Å². The molecule has 1 fully saturated rings. The Labute approximate surface area is 128 Å². The fraction of sp³-hybridized carbons (Fsp3) is 0.438. The van der Waals surface area contributed by atoms with Crippen molar-refractivity contribution in [1.29, 1.82) is 0 Å². The summed E-state index contributed by atoms with van der Waals surface area (Å²) < 4.78 is 6.72. The van der Waals surface area contributed by atoms with Crippen molar-refractivity contribution in [1.82, 2.24) is 5.32 Å². The van der Waals surface area contributed by atoms with Crippen LogP contribution in [-0.4, -0.2) is 25.2 Å². The number of hydrogen-bond acceptors (Lipinski definition) is 4. The zero-order chi connectivity index (χ0) is 14.7. The third-order valence-electron chi connectivity index (χ3n) is 3.87. The molecule has 1 amide bonds. The maximum atomic E-state index is 12.3. The van der Waals surface area contributed by atoms with Crippen LogP contribution in [-0.2, 0) is 4.74 Å². The highest BCUT2D eigenvalue weighted by molar-refractivity contribution is 7.21. The Morgan fingerprint density at radius 3 is 3.00 bits per heavy atom. The number of carbonyl (C=O) groups is 1. The summed E-state index contributed by atoms with van der Waals surface area (Å²) in [6, 6.07) is 7.84. The number of nitrogens with one attached hydrogen (secondary N) is 1. The Bertz CT molecular complexity index is 632. The van der Waals surface area contributed by atoms with Gasteiger partial charge in [-0.3, -0.25) is 4.79 Å². The van der Waals surface area contributed by atoms with E-state index in [-0.39, 0.29) is 5.91 Å². The molecular weight excluding hydrogens is 284 g/mol. The lowest BCUT2D eigenvalue weighted by Gasteiger charge is -2.22. The van der Waals surface area contributed by atoms with Crippen LogP contribution in [0.25, 0.3) is 10.1 Å². The van der Waals surface area contributed by atoms with Gasteiger partial charge in [0.25, 0.3) is 5.91 Å². The van der Waals surface area contributed by atoms with E-state index in [0.29, 0.717) is 23.2 Å². The lowest BCUT2D eigenvalue weighted by molar-refractivity contribution is 0.0117. The lowest BCUT2D eigenvalue weighted by atomic mass is 10.1. The van der Waals surface area contributed by atoms with Gasteiger partial charge >= 0.3 is 0 Å². The van der Waals surface area contributed by atoms with Crippen LogP contribution in [0.1, 0.15) is 35.4 Å². The quantitative estimate of drug-likeness (QED) is 0.912. The molecule has 112 valence electrons. The first kappa shape index (κ1) is 14.4. The molecule has 0 radical (unpaired) electrons. The Morgan fingerprint density at radius 1 is 1.38 bits per heavy atom. The van der Waals surface area contributed by atoms with Gasteiger partial charge in [0.15, 0.2) is 0 Å². The van der Waals surface area contributed by atoms with E-state index in [2.05, 4.69) is 5.32 Å². The van der Waals surface area contributed by atoms with Crippen molar-refractivity contribution in [2.24, 2.45) is 0 Å². The standard InChI is InChI=1S/C16H20N2O2S/c17-14-12-6-1-2-7-13(12)21-15(14)16(19)18-9-8-11-5-3-4-10-20-11/h1-2,6-7,11H,3-5,8-10,17H2,(H,18,19). The van der Waals surface area contributed by atoms with E-state index < -0.39 is 0 Å². The summed E-state index contributed by atoms with van der Waals surface area (Å²) in [5.41, 5.74) is 6.66. The molecule has 21 heavy (non-hydrogen) atoms. The lowest BCUT2D eigenvalue weighted by Crippen LogP contribution is -2.29. The minimum atomic E-state index is -0.0792. The van der Waals surface area contributed by atoms with Gasteiger partial charge in [-0.25, -0.2) is 0 Å². The van der Waals surface area contributed by atoms with Crippen molar-refractivity contribution in [2.45, 2.75) is 31.8 Å². The molecule has 0 bridgehead atoms. The highest BCUT2D eigenvalue weighted by Gasteiger charge is 2.17. The van der Waals surface area contributed by atoms with Gasteiger partial charge in [0.2, 0.25) is 0 Å². The second-order valence-corrected chi connectivity index (χ2v) is 6.43. The van der Waals surface area contributed by atoms with Crippen LogP contribution in [0.2, 0.25) is 0 Å². The van der Waals surface area contributed by atoms with E-state index in [1.54, 1.807) is 0 Å². The molecule has 1 aliphatic heterocycles. The van der Waals surface area contributed by atoms with E-state index in [1.807, 2.05) is 24.3 Å². The van der Waals surface area contributed by atoms with Gasteiger partial charge < -0.3 is 15.8 Å². The second-order valence-electron chi connectivity index (χ2n) is 5.37. The number of rotatable bonds is 4. The normalized spacial score (nSPS) is 18.8. The first-order valence-corrected chi connectivity index (χ1v) is 8.24. The molecule has 1 aromatic heterocycles. The van der Waals surface area contributed by atoms with Crippen LogP contribution >= 0.6 is 11.3 Å². The Morgan fingerprint density at radius 2 is 2.24 bits per heavy atom. The zero-order valence-electron chi connectivity index (χ0n) is 11.9. The van der Waals surface area contributed by atoms with Crippen molar-refractivity contribution >= 4 is 33.0 Å². The van der Waals surface area contributed by atoms with E-state index in [9.17, 15) is 4.79 Å². The molecule has 1 aliphatic rings. The molecule has 4 nitrogen and oxygen atoms in total. The van der Waals surface area contributed by atoms with Gasteiger partial charge in [-0.2, -0.15) is 0 Å². The average Bonchev–Trinajstić information content (AvgIpc) is 2.86. The third-order valence-corrected chi connectivity index (χ3v) is 5.05. The Hall–Kier alpha value is -1.59. The predicted molar refractivity (Wildman–Crippen MR) is 86.8 cm³/mol. The maximum absolute atomic E-state index is 12.3. The number of nitrogens with two attached hydrogens (primary N) is 1. The van der Waals surface area contributed by atoms with Crippen LogP contribution in [0.15, 0.2) is 24.3 Å². The minimum absolute atomic E-state index is 0.0792. The van der Waals surface area contributed by atoms with E-state index in [4.69, 9.17) is 10.5 Å². The molecule has 1 saturated heterocycles. The molecule has 0 saturated carbocycles. The Kier molecular flexibility index (Phi) is 4.41. The van der Waals surface area contributed by atoms with E-state index in [0.717, 1.165) is 36.0 Å². The monoisotopic (exact) mass is 304 g/mol. The number of anilines is 1. The first-order valence-electron chi connectivity index (χ1n) is 7.42. The third kappa shape index (κ3) is 3.19. The molecule has 5 heteroatoms. The van der Waals surface area contributed by atoms with Gasteiger partial charge in [-0.05, 0) is 31.7 Å². The maximum Gasteiger partial charge on any atom is 0.263 e. The van der Waals surface area contributed by atoms with Crippen molar-refractivity contribution in [2.75, 3.05) is 18.9 Å². The molecular formula is C16H20N2O2S. The fourth-order valence-electron chi connectivity index (χ4n) is 2.70. The molecule has 3 rings (SSSR count). The van der Waals surface area contributed by atoms with E-state index >= 15 is 0 Å². The molecule has 1 aromatic carbocycles. The van der Waals surface area contributed by atoms with Crippen molar-refractivity contribution in [3.8, 4) is 0 Å². The van der Waals surface area contributed by atoms with Crippen molar-refractivity contribution in [3.63, 3.8) is 0 Å². The number of amides is 1. The largest absolute Gasteiger partial charge is 0.397 e. The Balaban J connectivity index is 1.60. The number of nitrogen functional groups attached to an aromatic ring is 1. The molecule has 3 N–H and O–H groups in total. The van der Waals surface area contributed by atoms with Gasteiger partial charge in [-0.1, -0.05) is 18.2 Å². The molecule has 1 unspecified atom stereocenters. The van der Waals surface area contributed by atoms with Crippen LogP contribution in [0.4, 0.5) is 5.69 Å². The van der Waals surface area contributed by atoms with Gasteiger partial charge in [0.1, 0.15) is 4.88 Å². The molecule has 0 spiro atoms.